The van der Waals surface area contributed by atoms with Gasteiger partial charge in [-0.25, -0.2) is 4.68 Å². The van der Waals surface area contributed by atoms with Crippen LogP contribution in [0.25, 0.3) is 5.69 Å². The van der Waals surface area contributed by atoms with Crippen LogP contribution in [0.2, 0.25) is 0 Å². The third kappa shape index (κ3) is 3.57. The van der Waals surface area contributed by atoms with Gasteiger partial charge >= 0.3 is 5.97 Å². The average molecular weight is 275 g/mol. The highest BCUT2D eigenvalue weighted by molar-refractivity contribution is 5.66. The third-order valence-electron chi connectivity index (χ3n) is 2.61. The summed E-state index contributed by atoms with van der Waals surface area (Å²) in [7, 11) is 0. The van der Waals surface area contributed by atoms with E-state index in [1.165, 1.54) is 0 Å². The Kier molecular flexibility index (Phi) is 4.34. The van der Waals surface area contributed by atoms with Gasteiger partial charge in [-0.05, 0) is 26.0 Å². The maximum absolute atomic E-state index is 10.5. The van der Waals surface area contributed by atoms with Crippen LogP contribution in [0.4, 0.5) is 0 Å². The second-order valence-corrected chi connectivity index (χ2v) is 4.68. The number of aryl methyl sites for hydroxylation is 1. The molecular formula is C14H17N3O3. The highest BCUT2D eigenvalue weighted by atomic mass is 16.5. The van der Waals surface area contributed by atoms with Gasteiger partial charge in [0.1, 0.15) is 11.4 Å². The Labute approximate surface area is 117 Å². The predicted octanol–water partition coefficient (Wildman–Crippen LogP) is 2.07. The van der Waals surface area contributed by atoms with Gasteiger partial charge in [0.25, 0.3) is 0 Å². The maximum atomic E-state index is 10.5. The van der Waals surface area contributed by atoms with Crippen molar-refractivity contribution in [3.63, 3.8) is 0 Å². The molecule has 0 amide bonds. The number of para-hydroxylation sites is 2. The van der Waals surface area contributed by atoms with Crippen molar-refractivity contribution in [1.82, 2.24) is 15.0 Å². The summed E-state index contributed by atoms with van der Waals surface area (Å²) in [4.78, 5) is 10.5. The van der Waals surface area contributed by atoms with Gasteiger partial charge in [-0.2, -0.15) is 0 Å². The van der Waals surface area contributed by atoms with Gasteiger partial charge in [0, 0.05) is 6.42 Å². The Balaban J connectivity index is 2.21. The van der Waals surface area contributed by atoms with Crippen LogP contribution in [-0.4, -0.2) is 32.2 Å². The summed E-state index contributed by atoms with van der Waals surface area (Å²) < 4.78 is 7.33. The van der Waals surface area contributed by atoms with Crippen LogP contribution in [0.5, 0.6) is 5.75 Å². The van der Waals surface area contributed by atoms with E-state index in [-0.39, 0.29) is 12.5 Å². The molecule has 1 N–H and O–H groups in total. The molecule has 0 aliphatic rings. The third-order valence-corrected chi connectivity index (χ3v) is 2.61. The molecule has 1 heterocycles. The zero-order chi connectivity index (χ0) is 14.5. The van der Waals surface area contributed by atoms with Gasteiger partial charge in [0.05, 0.1) is 24.4 Å². The van der Waals surface area contributed by atoms with Crippen LogP contribution in [0, 0.1) is 0 Å². The van der Waals surface area contributed by atoms with Crippen molar-refractivity contribution in [2.75, 3.05) is 0 Å². The molecule has 0 saturated heterocycles. The summed E-state index contributed by atoms with van der Waals surface area (Å²) in [5.41, 5.74) is 1.43. The van der Waals surface area contributed by atoms with E-state index in [1.54, 1.807) is 10.9 Å². The van der Waals surface area contributed by atoms with E-state index in [4.69, 9.17) is 9.84 Å². The summed E-state index contributed by atoms with van der Waals surface area (Å²) in [5, 5.41) is 16.7. The quantitative estimate of drug-likeness (QED) is 0.873. The van der Waals surface area contributed by atoms with Gasteiger partial charge in [0.2, 0.25) is 0 Å². The van der Waals surface area contributed by atoms with Crippen LogP contribution < -0.4 is 4.74 Å². The lowest BCUT2D eigenvalue weighted by Crippen LogP contribution is -2.08. The lowest BCUT2D eigenvalue weighted by Gasteiger charge is -2.13. The molecule has 0 spiro atoms. The molecule has 0 radical (unpaired) electrons. The van der Waals surface area contributed by atoms with Crippen LogP contribution in [0.1, 0.15) is 26.0 Å². The summed E-state index contributed by atoms with van der Waals surface area (Å²) >= 11 is 0. The fourth-order valence-corrected chi connectivity index (χ4v) is 1.77. The number of aliphatic carboxylic acids is 1. The van der Waals surface area contributed by atoms with Crippen LogP contribution in [0.15, 0.2) is 30.5 Å². The fourth-order valence-electron chi connectivity index (χ4n) is 1.77. The Hall–Kier alpha value is -2.37. The van der Waals surface area contributed by atoms with Gasteiger partial charge in [0.15, 0.2) is 0 Å². The van der Waals surface area contributed by atoms with Crippen molar-refractivity contribution in [3.05, 3.63) is 36.2 Å². The van der Waals surface area contributed by atoms with E-state index in [1.807, 2.05) is 38.1 Å². The van der Waals surface area contributed by atoms with E-state index in [0.717, 1.165) is 11.4 Å². The highest BCUT2D eigenvalue weighted by Crippen LogP contribution is 2.23. The van der Waals surface area contributed by atoms with Crippen LogP contribution in [-0.2, 0) is 11.2 Å². The summed E-state index contributed by atoms with van der Waals surface area (Å²) in [6, 6.07) is 7.53. The Morgan fingerprint density at radius 3 is 2.85 bits per heavy atom. The van der Waals surface area contributed by atoms with Crippen molar-refractivity contribution in [3.8, 4) is 11.4 Å². The van der Waals surface area contributed by atoms with Gasteiger partial charge in [-0.15, -0.1) is 5.10 Å². The second kappa shape index (κ2) is 6.18. The molecule has 0 aliphatic carbocycles. The summed E-state index contributed by atoms with van der Waals surface area (Å²) in [5.74, 6) is -0.125. The number of benzene rings is 1. The van der Waals surface area contributed by atoms with E-state index < -0.39 is 5.97 Å². The summed E-state index contributed by atoms with van der Waals surface area (Å²) in [6.07, 6.45) is 2.20. The minimum absolute atomic E-state index is 0.0445. The topological polar surface area (TPSA) is 77.2 Å². The number of hydrogen-bond donors (Lipinski definition) is 1. The monoisotopic (exact) mass is 275 g/mol. The molecule has 20 heavy (non-hydrogen) atoms. The van der Waals surface area contributed by atoms with E-state index in [9.17, 15) is 4.79 Å². The van der Waals surface area contributed by atoms with E-state index >= 15 is 0 Å². The first-order valence-electron chi connectivity index (χ1n) is 6.45. The first kappa shape index (κ1) is 14.0. The maximum Gasteiger partial charge on any atom is 0.303 e. The van der Waals surface area contributed by atoms with Crippen molar-refractivity contribution in [2.45, 2.75) is 32.8 Å². The predicted molar refractivity (Wildman–Crippen MR) is 73.1 cm³/mol. The largest absolute Gasteiger partial charge is 0.489 e. The first-order chi connectivity index (χ1) is 9.56. The van der Waals surface area contributed by atoms with Crippen molar-refractivity contribution < 1.29 is 14.6 Å². The molecule has 2 rings (SSSR count). The van der Waals surface area contributed by atoms with Crippen molar-refractivity contribution >= 4 is 5.97 Å². The molecule has 0 saturated carbocycles. The van der Waals surface area contributed by atoms with Gasteiger partial charge in [-0.1, -0.05) is 17.3 Å². The normalized spacial score (nSPS) is 10.8. The number of aromatic nitrogens is 3. The van der Waals surface area contributed by atoms with Crippen LogP contribution >= 0.6 is 0 Å². The summed E-state index contributed by atoms with van der Waals surface area (Å²) in [6.45, 7) is 3.91. The molecule has 0 fully saturated rings. The van der Waals surface area contributed by atoms with Crippen LogP contribution in [0.3, 0.4) is 0 Å². The van der Waals surface area contributed by atoms with Crippen molar-refractivity contribution in [2.24, 2.45) is 0 Å². The molecule has 1 aromatic heterocycles. The average Bonchev–Trinajstić information content (AvgIpc) is 2.85. The van der Waals surface area contributed by atoms with Gasteiger partial charge in [-0.3, -0.25) is 4.79 Å². The molecule has 6 heteroatoms. The lowest BCUT2D eigenvalue weighted by atomic mass is 10.2. The second-order valence-electron chi connectivity index (χ2n) is 4.68. The Morgan fingerprint density at radius 2 is 2.15 bits per heavy atom. The number of carbonyl (C=O) groups is 1. The molecule has 2 aromatic rings. The molecule has 0 unspecified atom stereocenters. The zero-order valence-corrected chi connectivity index (χ0v) is 11.5. The Morgan fingerprint density at radius 1 is 1.40 bits per heavy atom. The molecule has 0 aliphatic heterocycles. The molecular weight excluding hydrogens is 258 g/mol. The fraction of sp³-hybridized carbons (Fsp3) is 0.357. The smallest absolute Gasteiger partial charge is 0.303 e. The highest BCUT2D eigenvalue weighted by Gasteiger charge is 2.10. The SMILES string of the molecule is CC(C)Oc1ccccc1-n1cc(CCC(=O)O)nn1. The van der Waals surface area contributed by atoms with E-state index in [0.29, 0.717) is 12.1 Å². The Bertz CT molecular complexity index is 593. The van der Waals surface area contributed by atoms with E-state index in [2.05, 4.69) is 10.3 Å². The number of nitrogens with zero attached hydrogens (tertiary/aromatic N) is 3. The molecule has 0 bridgehead atoms. The number of carboxylic acids is 1. The molecule has 106 valence electrons. The van der Waals surface area contributed by atoms with Crippen molar-refractivity contribution in [1.29, 1.82) is 0 Å². The number of carboxylic acid groups (broad SMARTS) is 1. The molecule has 6 nitrogen and oxygen atoms in total. The number of rotatable bonds is 6. The minimum Gasteiger partial charge on any atom is -0.489 e. The number of hydrogen-bond acceptors (Lipinski definition) is 4. The number of ether oxygens (including phenoxy) is 1. The zero-order valence-electron chi connectivity index (χ0n) is 11.5. The lowest BCUT2D eigenvalue weighted by molar-refractivity contribution is -0.136. The minimum atomic E-state index is -0.844. The molecule has 1 aromatic carbocycles. The molecule has 0 atom stereocenters. The first-order valence-corrected chi connectivity index (χ1v) is 6.45. The standard InChI is InChI=1S/C14H17N3O3/c1-10(2)20-13-6-4-3-5-12(13)17-9-11(15-16-17)7-8-14(18)19/h3-6,9-10H,7-8H2,1-2H3,(H,18,19). The van der Waals surface area contributed by atoms with Gasteiger partial charge < -0.3 is 9.84 Å².